The van der Waals surface area contributed by atoms with E-state index >= 15 is 0 Å². The molecular weight excluding hydrogens is 273 g/mol. The minimum absolute atomic E-state index is 0.0363. The number of ether oxygens (including phenoxy) is 2. The lowest BCUT2D eigenvalue weighted by Crippen LogP contribution is -2.22. The summed E-state index contributed by atoms with van der Waals surface area (Å²) < 4.78 is 24.0. The predicted octanol–water partition coefficient (Wildman–Crippen LogP) is 2.66. The minimum atomic E-state index is -0.656. The third-order valence-corrected chi connectivity index (χ3v) is 3.70. The van der Waals surface area contributed by atoms with Gasteiger partial charge in [0.05, 0.1) is 25.4 Å². The third kappa shape index (κ3) is 4.79. The molecule has 116 valence electrons. The van der Waals surface area contributed by atoms with Gasteiger partial charge in [0.15, 0.2) is 0 Å². The third-order valence-electron chi connectivity index (χ3n) is 3.70. The van der Waals surface area contributed by atoms with Gasteiger partial charge in [-0.3, -0.25) is 0 Å². The molecule has 0 bridgehead atoms. The first kappa shape index (κ1) is 15.9. The van der Waals surface area contributed by atoms with E-state index in [1.807, 2.05) is 0 Å². The predicted molar refractivity (Wildman–Crippen MR) is 77.7 cm³/mol. The number of carbonyl (C=O) groups excluding carboxylic acids is 1. The zero-order valence-electron chi connectivity index (χ0n) is 12.4. The number of halogens is 1. The van der Waals surface area contributed by atoms with E-state index in [9.17, 15) is 9.18 Å². The Balaban J connectivity index is 1.70. The normalized spacial score (nSPS) is 15.3. The average molecular weight is 295 g/mol. The van der Waals surface area contributed by atoms with Crippen molar-refractivity contribution in [2.24, 2.45) is 0 Å². The molecule has 0 aromatic heterocycles. The van der Waals surface area contributed by atoms with Crippen molar-refractivity contribution in [3.63, 3.8) is 0 Å². The van der Waals surface area contributed by atoms with E-state index < -0.39 is 11.8 Å². The van der Waals surface area contributed by atoms with E-state index in [-0.39, 0.29) is 5.56 Å². The summed E-state index contributed by atoms with van der Waals surface area (Å²) in [5.74, 6) is -1.21. The van der Waals surface area contributed by atoms with Crippen LogP contribution in [0.3, 0.4) is 0 Å². The Hall–Kier alpha value is -1.46. The zero-order valence-corrected chi connectivity index (χ0v) is 12.4. The number of hydrogen-bond donors (Lipinski definition) is 1. The van der Waals surface area contributed by atoms with Crippen molar-refractivity contribution in [3.05, 3.63) is 35.1 Å². The second kappa shape index (κ2) is 8.10. The molecule has 1 aromatic rings. The molecular formula is C16H22FNO3. The maximum absolute atomic E-state index is 13.7. The van der Waals surface area contributed by atoms with Crippen LogP contribution in [0.4, 0.5) is 4.39 Å². The molecule has 5 heteroatoms. The Kier molecular flexibility index (Phi) is 6.14. The molecule has 0 atom stereocenters. The first-order valence-corrected chi connectivity index (χ1v) is 7.40. The summed E-state index contributed by atoms with van der Waals surface area (Å²) in [6, 6.07) is 4.53. The fourth-order valence-electron chi connectivity index (χ4n) is 2.53. The maximum Gasteiger partial charge on any atom is 0.340 e. The molecule has 21 heavy (non-hydrogen) atoms. The molecule has 1 aliphatic rings. The van der Waals surface area contributed by atoms with Gasteiger partial charge in [0.2, 0.25) is 0 Å². The van der Waals surface area contributed by atoms with E-state index in [1.165, 1.54) is 44.9 Å². The highest BCUT2D eigenvalue weighted by molar-refractivity contribution is 5.89. The molecule has 4 nitrogen and oxygen atoms in total. The van der Waals surface area contributed by atoms with Crippen molar-refractivity contribution in [3.8, 4) is 0 Å². The smallest absolute Gasteiger partial charge is 0.340 e. The lowest BCUT2D eigenvalue weighted by Gasteiger charge is -2.11. The van der Waals surface area contributed by atoms with Gasteiger partial charge in [-0.2, -0.15) is 0 Å². The molecule has 0 spiro atoms. The van der Waals surface area contributed by atoms with Crippen LogP contribution in [-0.4, -0.2) is 32.3 Å². The Morgan fingerprint density at radius 1 is 1.38 bits per heavy atom. The number of carbonyl (C=O) groups is 1. The highest BCUT2D eigenvalue weighted by Crippen LogP contribution is 2.20. The lowest BCUT2D eigenvalue weighted by atomic mass is 10.1. The Bertz CT molecular complexity index is 473. The molecule has 0 aliphatic heterocycles. The Morgan fingerprint density at radius 3 is 2.81 bits per heavy atom. The maximum atomic E-state index is 13.7. The van der Waals surface area contributed by atoms with Crippen LogP contribution in [0.1, 0.15) is 41.6 Å². The van der Waals surface area contributed by atoms with Gasteiger partial charge in [-0.1, -0.05) is 18.9 Å². The molecule has 2 rings (SSSR count). The van der Waals surface area contributed by atoms with Crippen LogP contribution in [0.5, 0.6) is 0 Å². The zero-order chi connectivity index (χ0) is 15.1. The summed E-state index contributed by atoms with van der Waals surface area (Å²) in [5, 5.41) is 3.21. The molecule has 0 unspecified atom stereocenters. The van der Waals surface area contributed by atoms with Gasteiger partial charge in [-0.05, 0) is 30.5 Å². The van der Waals surface area contributed by atoms with Crippen LogP contribution in [0.25, 0.3) is 0 Å². The van der Waals surface area contributed by atoms with Crippen molar-refractivity contribution in [1.29, 1.82) is 0 Å². The van der Waals surface area contributed by atoms with E-state index in [1.54, 1.807) is 6.07 Å². The fraction of sp³-hybridized carbons (Fsp3) is 0.562. The van der Waals surface area contributed by atoms with E-state index in [4.69, 9.17) is 4.74 Å². The summed E-state index contributed by atoms with van der Waals surface area (Å²) in [6.07, 6.45) is 5.29. The molecule has 1 aromatic carbocycles. The average Bonchev–Trinajstić information content (AvgIpc) is 2.99. The lowest BCUT2D eigenvalue weighted by molar-refractivity contribution is 0.0595. The Morgan fingerprint density at radius 2 is 2.14 bits per heavy atom. The molecule has 0 heterocycles. The van der Waals surface area contributed by atoms with Crippen LogP contribution >= 0.6 is 0 Å². The summed E-state index contributed by atoms with van der Waals surface area (Å²) in [6.45, 7) is 1.96. The molecule has 1 aliphatic carbocycles. The van der Waals surface area contributed by atoms with Gasteiger partial charge in [0, 0.05) is 13.1 Å². The van der Waals surface area contributed by atoms with Crippen molar-refractivity contribution in [1.82, 2.24) is 5.32 Å². The molecule has 0 radical (unpaired) electrons. The number of hydrogen-bond acceptors (Lipinski definition) is 4. The summed E-state index contributed by atoms with van der Waals surface area (Å²) >= 11 is 0. The van der Waals surface area contributed by atoms with Crippen LogP contribution in [-0.2, 0) is 16.0 Å². The highest BCUT2D eigenvalue weighted by Gasteiger charge is 2.14. The first-order chi connectivity index (χ1) is 10.2. The standard InChI is InChI=1S/C16H22FNO3/c1-20-16(19)14-7-6-12(10-15(14)17)11-18-8-9-21-13-4-2-3-5-13/h6-7,10,13,18H,2-5,8-9,11H2,1H3. The molecule has 1 fully saturated rings. The van der Waals surface area contributed by atoms with Gasteiger partial charge >= 0.3 is 5.97 Å². The number of benzene rings is 1. The summed E-state index contributed by atoms with van der Waals surface area (Å²) in [7, 11) is 1.24. The van der Waals surface area contributed by atoms with Gasteiger partial charge in [0.1, 0.15) is 5.82 Å². The quantitative estimate of drug-likeness (QED) is 0.620. The van der Waals surface area contributed by atoms with E-state index in [0.29, 0.717) is 19.3 Å². The minimum Gasteiger partial charge on any atom is -0.465 e. The van der Waals surface area contributed by atoms with Crippen molar-refractivity contribution in [2.45, 2.75) is 38.3 Å². The SMILES string of the molecule is COC(=O)c1ccc(CNCCOC2CCCC2)cc1F. The highest BCUT2D eigenvalue weighted by atomic mass is 19.1. The Labute approximate surface area is 124 Å². The number of rotatable bonds is 7. The largest absolute Gasteiger partial charge is 0.465 e. The van der Waals surface area contributed by atoms with Crippen molar-refractivity contribution < 1.29 is 18.7 Å². The van der Waals surface area contributed by atoms with Gasteiger partial charge in [-0.15, -0.1) is 0 Å². The second-order valence-corrected chi connectivity index (χ2v) is 5.26. The summed E-state index contributed by atoms with van der Waals surface area (Å²) in [4.78, 5) is 11.3. The van der Waals surface area contributed by atoms with Gasteiger partial charge in [-0.25, -0.2) is 9.18 Å². The van der Waals surface area contributed by atoms with Crippen LogP contribution < -0.4 is 5.32 Å². The van der Waals surface area contributed by atoms with E-state index in [2.05, 4.69) is 10.1 Å². The second-order valence-electron chi connectivity index (χ2n) is 5.26. The topological polar surface area (TPSA) is 47.6 Å². The van der Waals surface area contributed by atoms with Crippen LogP contribution in [0.2, 0.25) is 0 Å². The van der Waals surface area contributed by atoms with Crippen LogP contribution in [0, 0.1) is 5.82 Å². The molecule has 0 amide bonds. The van der Waals surface area contributed by atoms with Crippen molar-refractivity contribution in [2.75, 3.05) is 20.3 Å². The van der Waals surface area contributed by atoms with Crippen LogP contribution in [0.15, 0.2) is 18.2 Å². The fourth-order valence-corrected chi connectivity index (χ4v) is 2.53. The first-order valence-electron chi connectivity index (χ1n) is 7.40. The van der Waals surface area contributed by atoms with Gasteiger partial charge in [0.25, 0.3) is 0 Å². The van der Waals surface area contributed by atoms with Gasteiger partial charge < -0.3 is 14.8 Å². The number of methoxy groups -OCH3 is 1. The molecule has 1 saturated carbocycles. The number of nitrogens with one attached hydrogen (secondary N) is 1. The molecule has 1 N–H and O–H groups in total. The van der Waals surface area contributed by atoms with Crippen molar-refractivity contribution >= 4 is 5.97 Å². The summed E-state index contributed by atoms with van der Waals surface area (Å²) in [5.41, 5.74) is 0.756. The molecule has 0 saturated heterocycles. The number of esters is 1. The monoisotopic (exact) mass is 295 g/mol. The van der Waals surface area contributed by atoms with E-state index in [0.717, 1.165) is 12.1 Å².